The average Bonchev–Trinajstić information content (AvgIpc) is 3.00. The molecule has 0 aliphatic rings. The monoisotopic (exact) mass is 337 g/mol. The molecule has 0 aliphatic carbocycles. The van der Waals surface area contributed by atoms with Gasteiger partial charge in [-0.3, -0.25) is 9.20 Å². The number of fused-ring (bicyclic) bond motifs is 1. The molecule has 106 valence electrons. The first-order chi connectivity index (χ1) is 10.1. The van der Waals surface area contributed by atoms with Crippen molar-refractivity contribution in [1.29, 1.82) is 0 Å². The predicted molar refractivity (Wildman–Crippen MR) is 87.2 cm³/mol. The number of benzene rings is 1. The summed E-state index contributed by atoms with van der Waals surface area (Å²) in [5.74, 6) is -0.288. The summed E-state index contributed by atoms with van der Waals surface area (Å²) >= 11 is 13.5. The molecule has 0 fully saturated rings. The molecule has 1 amide bonds. The minimum atomic E-state index is -0.288. The minimum absolute atomic E-state index is 0.288. The van der Waals surface area contributed by atoms with Gasteiger partial charge in [0.2, 0.25) is 5.91 Å². The molecule has 3 rings (SSSR count). The predicted octanol–water partition coefficient (Wildman–Crippen LogP) is 4.35. The highest BCUT2D eigenvalue weighted by atomic mass is 35.5. The molecule has 1 aromatic carbocycles. The van der Waals surface area contributed by atoms with Gasteiger partial charge in [-0.15, -0.1) is 11.3 Å². The van der Waals surface area contributed by atoms with Crippen LogP contribution >= 0.6 is 34.5 Å². The number of halogens is 2. The van der Waals surface area contributed by atoms with Crippen LogP contribution in [0.1, 0.15) is 5.69 Å². The topological polar surface area (TPSA) is 46.4 Å². The van der Waals surface area contributed by atoms with E-state index in [9.17, 15) is 4.79 Å². The van der Waals surface area contributed by atoms with Crippen molar-refractivity contribution in [2.45, 2.75) is 0 Å². The molecule has 3 aromatic rings. The summed E-state index contributed by atoms with van der Waals surface area (Å²) in [6.07, 6.45) is 4.88. The van der Waals surface area contributed by atoms with E-state index in [4.69, 9.17) is 23.2 Å². The lowest BCUT2D eigenvalue weighted by molar-refractivity contribution is -0.111. The van der Waals surface area contributed by atoms with Crippen molar-refractivity contribution in [2.24, 2.45) is 0 Å². The summed E-state index contributed by atoms with van der Waals surface area (Å²) in [5.41, 5.74) is 1.23. The number of rotatable bonds is 3. The highest BCUT2D eigenvalue weighted by Gasteiger charge is 2.09. The standard InChI is InChI=1S/C14H9Cl2N3OS/c15-9-3-1-2-4-10(9)17-12(20)6-5-11-13(16)18-14-19(11)7-8-21-14/h1-8H,(H,17,20)/b6-5+. The number of aromatic nitrogens is 2. The first-order valence-corrected chi connectivity index (χ1v) is 7.63. The van der Waals surface area contributed by atoms with Gasteiger partial charge in [0.25, 0.3) is 0 Å². The minimum Gasteiger partial charge on any atom is -0.321 e. The van der Waals surface area contributed by atoms with E-state index in [2.05, 4.69) is 10.3 Å². The summed E-state index contributed by atoms with van der Waals surface area (Å²) in [7, 11) is 0. The third-order valence-corrected chi connectivity index (χ3v) is 4.14. The highest BCUT2D eigenvalue weighted by molar-refractivity contribution is 7.15. The summed E-state index contributed by atoms with van der Waals surface area (Å²) in [5, 5.41) is 5.46. The third kappa shape index (κ3) is 2.95. The van der Waals surface area contributed by atoms with Crippen LogP contribution in [0.3, 0.4) is 0 Å². The van der Waals surface area contributed by atoms with Gasteiger partial charge in [0.1, 0.15) is 0 Å². The lowest BCUT2D eigenvalue weighted by Crippen LogP contribution is -2.08. The Morgan fingerprint density at radius 2 is 2.14 bits per heavy atom. The Balaban J connectivity index is 1.80. The van der Waals surface area contributed by atoms with Gasteiger partial charge in [-0.1, -0.05) is 35.3 Å². The van der Waals surface area contributed by atoms with E-state index in [1.54, 1.807) is 30.3 Å². The van der Waals surface area contributed by atoms with Crippen molar-refractivity contribution in [3.63, 3.8) is 0 Å². The number of nitrogens with zero attached hydrogens (tertiary/aromatic N) is 2. The van der Waals surface area contributed by atoms with Gasteiger partial charge < -0.3 is 5.32 Å². The molecular formula is C14H9Cl2N3OS. The van der Waals surface area contributed by atoms with Crippen LogP contribution in [0.4, 0.5) is 5.69 Å². The molecule has 7 heteroatoms. The number of amides is 1. The lowest BCUT2D eigenvalue weighted by atomic mass is 10.3. The van der Waals surface area contributed by atoms with Gasteiger partial charge in [0.15, 0.2) is 10.1 Å². The number of para-hydroxylation sites is 1. The summed E-state index contributed by atoms with van der Waals surface area (Å²) < 4.78 is 1.83. The second kappa shape index (κ2) is 5.89. The Labute approximate surface area is 134 Å². The second-order valence-electron chi connectivity index (χ2n) is 4.15. The van der Waals surface area contributed by atoms with Crippen molar-refractivity contribution < 1.29 is 4.79 Å². The second-order valence-corrected chi connectivity index (χ2v) is 5.78. The Kier molecular flexibility index (Phi) is 3.96. The number of thiazole rings is 1. The maximum Gasteiger partial charge on any atom is 0.248 e. The highest BCUT2D eigenvalue weighted by Crippen LogP contribution is 2.23. The van der Waals surface area contributed by atoms with E-state index in [1.165, 1.54) is 17.4 Å². The molecule has 0 saturated heterocycles. The normalized spacial score (nSPS) is 11.3. The number of nitrogens with one attached hydrogen (secondary N) is 1. The Morgan fingerprint density at radius 1 is 1.33 bits per heavy atom. The first kappa shape index (κ1) is 14.1. The van der Waals surface area contributed by atoms with E-state index in [0.29, 0.717) is 21.6 Å². The van der Waals surface area contributed by atoms with Gasteiger partial charge in [-0.25, -0.2) is 4.98 Å². The molecule has 0 saturated carbocycles. The first-order valence-electron chi connectivity index (χ1n) is 6.00. The molecule has 4 nitrogen and oxygen atoms in total. The smallest absolute Gasteiger partial charge is 0.248 e. The molecule has 0 unspecified atom stereocenters. The zero-order chi connectivity index (χ0) is 14.8. The maximum absolute atomic E-state index is 11.9. The van der Waals surface area contributed by atoms with Crippen LogP contribution in [0.2, 0.25) is 10.2 Å². The summed E-state index contributed by atoms with van der Waals surface area (Å²) in [6, 6.07) is 7.04. The van der Waals surface area contributed by atoms with Crippen LogP contribution in [0, 0.1) is 0 Å². The largest absolute Gasteiger partial charge is 0.321 e. The SMILES string of the molecule is O=C(/C=C/c1c(Cl)nc2sccn12)Nc1ccccc1Cl. The van der Waals surface area contributed by atoms with Crippen molar-refractivity contribution >= 4 is 57.2 Å². The van der Waals surface area contributed by atoms with E-state index in [-0.39, 0.29) is 5.91 Å². The quantitative estimate of drug-likeness (QED) is 0.722. The summed E-state index contributed by atoms with van der Waals surface area (Å²) in [4.78, 5) is 16.9. The number of hydrogen-bond donors (Lipinski definition) is 1. The Bertz CT molecular complexity index is 838. The van der Waals surface area contributed by atoms with Gasteiger partial charge in [0.05, 0.1) is 16.4 Å². The molecular weight excluding hydrogens is 329 g/mol. The number of anilines is 1. The lowest BCUT2D eigenvalue weighted by Gasteiger charge is -2.03. The zero-order valence-electron chi connectivity index (χ0n) is 10.6. The van der Waals surface area contributed by atoms with Gasteiger partial charge >= 0.3 is 0 Å². The van der Waals surface area contributed by atoms with Crippen LogP contribution in [0.5, 0.6) is 0 Å². The van der Waals surface area contributed by atoms with Crippen LogP contribution in [0.15, 0.2) is 41.9 Å². The van der Waals surface area contributed by atoms with Crippen LogP contribution in [-0.2, 0) is 4.79 Å². The number of carbonyl (C=O) groups is 1. The fourth-order valence-corrected chi connectivity index (χ4v) is 3.01. The van der Waals surface area contributed by atoms with Crippen molar-refractivity contribution in [3.8, 4) is 0 Å². The molecule has 0 aliphatic heterocycles. The molecule has 0 bridgehead atoms. The van der Waals surface area contributed by atoms with Gasteiger partial charge in [-0.2, -0.15) is 0 Å². The Morgan fingerprint density at radius 3 is 2.95 bits per heavy atom. The molecule has 2 aromatic heterocycles. The molecule has 0 atom stereocenters. The molecule has 21 heavy (non-hydrogen) atoms. The molecule has 2 heterocycles. The third-order valence-electron chi connectivity index (χ3n) is 2.78. The van der Waals surface area contributed by atoms with E-state index < -0.39 is 0 Å². The Hall–Kier alpha value is -1.82. The summed E-state index contributed by atoms with van der Waals surface area (Å²) in [6.45, 7) is 0. The van der Waals surface area contributed by atoms with Crippen molar-refractivity contribution in [1.82, 2.24) is 9.38 Å². The van der Waals surface area contributed by atoms with E-state index in [1.807, 2.05) is 16.0 Å². The van der Waals surface area contributed by atoms with Gasteiger partial charge in [-0.05, 0) is 18.2 Å². The van der Waals surface area contributed by atoms with E-state index >= 15 is 0 Å². The fourth-order valence-electron chi connectivity index (χ4n) is 1.82. The van der Waals surface area contributed by atoms with Crippen LogP contribution in [-0.4, -0.2) is 15.3 Å². The number of carbonyl (C=O) groups excluding carboxylic acids is 1. The van der Waals surface area contributed by atoms with Crippen LogP contribution in [0.25, 0.3) is 11.0 Å². The maximum atomic E-state index is 11.9. The van der Waals surface area contributed by atoms with Crippen molar-refractivity contribution in [2.75, 3.05) is 5.32 Å². The molecule has 0 spiro atoms. The molecule has 0 radical (unpaired) electrons. The van der Waals surface area contributed by atoms with Crippen LogP contribution < -0.4 is 5.32 Å². The van der Waals surface area contributed by atoms with Crippen molar-refractivity contribution in [3.05, 3.63) is 57.8 Å². The number of hydrogen-bond acceptors (Lipinski definition) is 3. The zero-order valence-corrected chi connectivity index (χ0v) is 12.9. The fraction of sp³-hybridized carbons (Fsp3) is 0. The average molecular weight is 338 g/mol. The van der Waals surface area contributed by atoms with E-state index in [0.717, 1.165) is 4.96 Å². The molecule has 1 N–H and O–H groups in total. The van der Waals surface area contributed by atoms with Gasteiger partial charge in [0, 0.05) is 17.7 Å². The number of imidazole rings is 1.